The molecule has 0 aliphatic heterocycles. The van der Waals surface area contributed by atoms with Gasteiger partial charge in [0, 0.05) is 12.3 Å². The Hall–Kier alpha value is -1.88. The third kappa shape index (κ3) is 2.62. The average molecular weight is 257 g/mol. The van der Waals surface area contributed by atoms with Gasteiger partial charge in [-0.25, -0.2) is 13.8 Å². The molecule has 0 saturated heterocycles. The van der Waals surface area contributed by atoms with Gasteiger partial charge >= 0.3 is 0 Å². The zero-order valence-electron chi connectivity index (χ0n) is 8.45. The van der Waals surface area contributed by atoms with E-state index in [1.807, 2.05) is 0 Å². The predicted molar refractivity (Wildman–Crippen MR) is 60.1 cm³/mol. The van der Waals surface area contributed by atoms with Gasteiger partial charge in [-0.2, -0.15) is 0 Å². The lowest BCUT2D eigenvalue weighted by Crippen LogP contribution is -1.96. The number of nitrogens with two attached hydrogens (primary N) is 1. The lowest BCUT2D eigenvalue weighted by molar-refractivity contribution is 0.423. The minimum atomic E-state index is -0.721. The van der Waals surface area contributed by atoms with Gasteiger partial charge in [0.2, 0.25) is 0 Å². The topological polar surface area (TPSA) is 48.1 Å². The van der Waals surface area contributed by atoms with E-state index < -0.39 is 11.6 Å². The quantitative estimate of drug-likeness (QED) is 0.838. The summed E-state index contributed by atoms with van der Waals surface area (Å²) in [7, 11) is 0. The number of ether oxygens (including phenoxy) is 1. The molecule has 0 spiro atoms. The smallest absolute Gasteiger partial charge is 0.256 e. The van der Waals surface area contributed by atoms with Crippen LogP contribution in [-0.2, 0) is 0 Å². The molecule has 2 N–H and O–H groups in total. The lowest BCUT2D eigenvalue weighted by atomic mass is 10.3. The molecule has 0 bridgehead atoms. The third-order valence-electron chi connectivity index (χ3n) is 1.95. The van der Waals surface area contributed by atoms with E-state index in [2.05, 4.69) is 4.98 Å². The number of halogens is 3. The van der Waals surface area contributed by atoms with Gasteiger partial charge in [0.05, 0.1) is 10.7 Å². The number of nitrogen functional groups attached to an aromatic ring is 1. The van der Waals surface area contributed by atoms with Crippen LogP contribution in [0.4, 0.5) is 14.5 Å². The SMILES string of the molecule is Nc1cc(F)ccc1Oc1ncc(Cl)cc1F. The Labute approximate surface area is 101 Å². The molecule has 1 aromatic heterocycles. The summed E-state index contributed by atoms with van der Waals surface area (Å²) in [5.74, 6) is -1.37. The molecule has 3 nitrogen and oxygen atoms in total. The first-order valence-electron chi connectivity index (χ1n) is 4.60. The maximum Gasteiger partial charge on any atom is 0.256 e. The Balaban J connectivity index is 2.31. The zero-order valence-corrected chi connectivity index (χ0v) is 9.21. The molecule has 1 heterocycles. The molecule has 0 aliphatic rings. The van der Waals surface area contributed by atoms with Crippen molar-refractivity contribution in [3.8, 4) is 11.6 Å². The van der Waals surface area contributed by atoms with E-state index >= 15 is 0 Å². The molecule has 1 aromatic carbocycles. The number of hydrogen-bond acceptors (Lipinski definition) is 3. The van der Waals surface area contributed by atoms with Gasteiger partial charge in [-0.05, 0) is 18.2 Å². The summed E-state index contributed by atoms with van der Waals surface area (Å²) in [6, 6.07) is 4.58. The van der Waals surface area contributed by atoms with Crippen molar-refractivity contribution in [2.75, 3.05) is 5.73 Å². The fourth-order valence-electron chi connectivity index (χ4n) is 1.19. The van der Waals surface area contributed by atoms with Crippen LogP contribution in [0.2, 0.25) is 5.02 Å². The highest BCUT2D eigenvalue weighted by Gasteiger charge is 2.09. The standard InChI is InChI=1S/C11H7ClF2N2O/c12-6-3-8(14)11(16-5-6)17-10-2-1-7(13)4-9(10)15/h1-5H,15H2. The molecule has 0 atom stereocenters. The summed E-state index contributed by atoms with van der Waals surface area (Å²) in [5, 5.41) is 0.155. The fraction of sp³-hybridized carbons (Fsp3) is 0. The molecule has 0 amide bonds. The van der Waals surface area contributed by atoms with Gasteiger partial charge in [0.15, 0.2) is 11.6 Å². The van der Waals surface area contributed by atoms with Gasteiger partial charge in [0.1, 0.15) is 5.82 Å². The van der Waals surface area contributed by atoms with Crippen LogP contribution in [0, 0.1) is 11.6 Å². The van der Waals surface area contributed by atoms with Crippen molar-refractivity contribution < 1.29 is 13.5 Å². The second-order valence-electron chi connectivity index (χ2n) is 3.22. The van der Waals surface area contributed by atoms with Crippen molar-refractivity contribution in [3.05, 3.63) is 47.1 Å². The van der Waals surface area contributed by atoms with Crippen LogP contribution >= 0.6 is 11.6 Å². The molecule has 2 rings (SSSR count). The third-order valence-corrected chi connectivity index (χ3v) is 2.16. The number of hydrogen-bond donors (Lipinski definition) is 1. The van der Waals surface area contributed by atoms with Crippen LogP contribution in [0.25, 0.3) is 0 Å². The maximum absolute atomic E-state index is 13.4. The Morgan fingerprint density at radius 1 is 1.24 bits per heavy atom. The highest BCUT2D eigenvalue weighted by atomic mass is 35.5. The lowest BCUT2D eigenvalue weighted by Gasteiger charge is -2.08. The number of aromatic nitrogens is 1. The van der Waals surface area contributed by atoms with Crippen molar-refractivity contribution in [2.45, 2.75) is 0 Å². The van der Waals surface area contributed by atoms with Crippen LogP contribution in [-0.4, -0.2) is 4.98 Å². The van der Waals surface area contributed by atoms with E-state index in [1.54, 1.807) is 0 Å². The number of benzene rings is 1. The van der Waals surface area contributed by atoms with Crippen LogP contribution in [0.15, 0.2) is 30.5 Å². The van der Waals surface area contributed by atoms with E-state index in [4.69, 9.17) is 22.1 Å². The Morgan fingerprint density at radius 3 is 2.65 bits per heavy atom. The zero-order chi connectivity index (χ0) is 12.4. The van der Waals surface area contributed by atoms with Crippen LogP contribution in [0.1, 0.15) is 0 Å². The summed E-state index contributed by atoms with van der Waals surface area (Å²) in [6.07, 6.45) is 1.24. The molecule has 0 saturated carbocycles. The number of rotatable bonds is 2. The summed E-state index contributed by atoms with van der Waals surface area (Å²) in [5.41, 5.74) is 5.56. The van der Waals surface area contributed by atoms with E-state index in [1.165, 1.54) is 12.3 Å². The molecule has 0 radical (unpaired) electrons. The summed E-state index contributed by atoms with van der Waals surface area (Å²) >= 11 is 5.54. The monoisotopic (exact) mass is 256 g/mol. The second kappa shape index (κ2) is 4.55. The molecule has 2 aromatic rings. The van der Waals surface area contributed by atoms with E-state index in [-0.39, 0.29) is 22.3 Å². The van der Waals surface area contributed by atoms with E-state index in [9.17, 15) is 8.78 Å². The Morgan fingerprint density at radius 2 is 2.00 bits per heavy atom. The minimum Gasteiger partial charge on any atom is -0.434 e. The first kappa shape index (κ1) is 11.6. The molecule has 0 fully saturated rings. The number of anilines is 1. The van der Waals surface area contributed by atoms with E-state index in [0.717, 1.165) is 18.2 Å². The van der Waals surface area contributed by atoms with Crippen molar-refractivity contribution in [2.24, 2.45) is 0 Å². The average Bonchev–Trinajstić information content (AvgIpc) is 2.25. The fourth-order valence-corrected chi connectivity index (χ4v) is 1.34. The van der Waals surface area contributed by atoms with Crippen LogP contribution in [0.3, 0.4) is 0 Å². The summed E-state index contributed by atoms with van der Waals surface area (Å²) in [4.78, 5) is 3.66. The van der Waals surface area contributed by atoms with Crippen molar-refractivity contribution in [1.82, 2.24) is 4.98 Å². The Kier molecular flexibility index (Phi) is 3.10. The molecule has 88 valence electrons. The first-order valence-corrected chi connectivity index (χ1v) is 4.98. The largest absolute Gasteiger partial charge is 0.434 e. The summed E-state index contributed by atoms with van der Waals surface area (Å²) < 4.78 is 31.2. The molecule has 6 heteroatoms. The Bertz CT molecular complexity index is 514. The van der Waals surface area contributed by atoms with Gasteiger partial charge in [-0.3, -0.25) is 0 Å². The van der Waals surface area contributed by atoms with Crippen molar-refractivity contribution in [1.29, 1.82) is 0 Å². The van der Waals surface area contributed by atoms with Gasteiger partial charge in [0.25, 0.3) is 5.88 Å². The highest BCUT2D eigenvalue weighted by Crippen LogP contribution is 2.28. The highest BCUT2D eigenvalue weighted by molar-refractivity contribution is 6.30. The second-order valence-corrected chi connectivity index (χ2v) is 3.66. The molecule has 17 heavy (non-hydrogen) atoms. The first-order chi connectivity index (χ1) is 8.06. The normalized spacial score (nSPS) is 10.3. The number of nitrogens with zero attached hydrogens (tertiary/aromatic N) is 1. The molecular formula is C11H7ClF2N2O. The molecule has 0 unspecified atom stereocenters. The van der Waals surface area contributed by atoms with Crippen LogP contribution in [0.5, 0.6) is 11.6 Å². The van der Waals surface area contributed by atoms with Gasteiger partial charge < -0.3 is 10.5 Å². The maximum atomic E-state index is 13.4. The van der Waals surface area contributed by atoms with Crippen LogP contribution < -0.4 is 10.5 Å². The van der Waals surface area contributed by atoms with Crippen molar-refractivity contribution in [3.63, 3.8) is 0 Å². The van der Waals surface area contributed by atoms with Crippen molar-refractivity contribution >= 4 is 17.3 Å². The molecular weight excluding hydrogens is 250 g/mol. The van der Waals surface area contributed by atoms with E-state index in [0.29, 0.717) is 0 Å². The molecule has 0 aliphatic carbocycles. The number of pyridine rings is 1. The minimum absolute atomic E-state index is 0.0566. The predicted octanol–water partition coefficient (Wildman–Crippen LogP) is 3.39. The summed E-state index contributed by atoms with van der Waals surface area (Å²) in [6.45, 7) is 0. The van der Waals surface area contributed by atoms with Gasteiger partial charge in [-0.1, -0.05) is 11.6 Å². The van der Waals surface area contributed by atoms with Gasteiger partial charge in [-0.15, -0.1) is 0 Å².